The van der Waals surface area contributed by atoms with Gasteiger partial charge >= 0.3 is 0 Å². The van der Waals surface area contributed by atoms with Crippen LogP contribution in [0.2, 0.25) is 0 Å². The van der Waals surface area contributed by atoms with Crippen LogP contribution in [0.15, 0.2) is 43.0 Å². The minimum absolute atomic E-state index is 0.426. The molecule has 1 heterocycles. The van der Waals surface area contributed by atoms with Crippen molar-refractivity contribution in [3.8, 4) is 0 Å². The van der Waals surface area contributed by atoms with E-state index in [0.717, 1.165) is 6.54 Å². The Morgan fingerprint density at radius 1 is 1.16 bits per heavy atom. The molecule has 1 aromatic carbocycles. The van der Waals surface area contributed by atoms with Crippen LogP contribution in [0.4, 0.5) is 0 Å². The molecule has 1 spiro atoms. The molecule has 0 amide bonds. The summed E-state index contributed by atoms with van der Waals surface area (Å²) >= 11 is 0. The van der Waals surface area contributed by atoms with Crippen molar-refractivity contribution in [1.82, 2.24) is 4.90 Å². The predicted octanol–water partition coefficient (Wildman–Crippen LogP) is 4.40. The number of hydrogen-bond donors (Lipinski definition) is 0. The molecule has 0 radical (unpaired) electrons. The highest BCUT2D eigenvalue weighted by Gasteiger charge is 2.46. The average molecular weight is 255 g/mol. The van der Waals surface area contributed by atoms with Gasteiger partial charge in [0.2, 0.25) is 0 Å². The van der Waals surface area contributed by atoms with Crippen LogP contribution in [0.1, 0.15) is 44.1 Å². The highest BCUT2D eigenvalue weighted by Crippen LogP contribution is 2.47. The van der Waals surface area contributed by atoms with Crippen LogP contribution in [-0.4, -0.2) is 17.0 Å². The summed E-state index contributed by atoms with van der Waals surface area (Å²) < 4.78 is 0. The maximum Gasteiger partial charge on any atom is 0.0275 e. The Balaban J connectivity index is 1.83. The Morgan fingerprint density at radius 3 is 2.74 bits per heavy atom. The molecule has 102 valence electrons. The molecule has 1 nitrogen and oxygen atoms in total. The van der Waals surface area contributed by atoms with Gasteiger partial charge in [0, 0.05) is 12.1 Å². The Kier molecular flexibility index (Phi) is 3.74. The second-order valence-corrected chi connectivity index (χ2v) is 6.20. The summed E-state index contributed by atoms with van der Waals surface area (Å²) in [6, 6.07) is 11.0. The molecular formula is C18H25N. The van der Waals surface area contributed by atoms with Gasteiger partial charge in [0.15, 0.2) is 0 Å². The molecule has 3 rings (SSSR count). The van der Waals surface area contributed by atoms with Crippen molar-refractivity contribution in [1.29, 1.82) is 0 Å². The largest absolute Gasteiger partial charge is 0.293 e. The van der Waals surface area contributed by atoms with E-state index in [1.54, 1.807) is 0 Å². The summed E-state index contributed by atoms with van der Waals surface area (Å²) in [7, 11) is 0. The first-order valence-corrected chi connectivity index (χ1v) is 7.77. The zero-order valence-corrected chi connectivity index (χ0v) is 11.9. The topological polar surface area (TPSA) is 3.24 Å². The fraction of sp³-hybridized carbons (Fsp3) is 0.556. The van der Waals surface area contributed by atoms with Gasteiger partial charge in [-0.2, -0.15) is 0 Å². The quantitative estimate of drug-likeness (QED) is 0.724. The maximum atomic E-state index is 4.11. The molecule has 1 aromatic rings. The summed E-state index contributed by atoms with van der Waals surface area (Å²) in [6.45, 7) is 6.49. The van der Waals surface area contributed by atoms with E-state index < -0.39 is 0 Å². The molecule has 1 saturated carbocycles. The average Bonchev–Trinajstić information content (AvgIpc) is 2.86. The fourth-order valence-corrected chi connectivity index (χ4v) is 4.28. The Labute approximate surface area is 117 Å². The van der Waals surface area contributed by atoms with Crippen molar-refractivity contribution in [3.05, 3.63) is 48.6 Å². The molecule has 0 N–H and O–H groups in total. The van der Waals surface area contributed by atoms with Gasteiger partial charge in [-0.25, -0.2) is 0 Å². The minimum Gasteiger partial charge on any atom is -0.293 e. The molecule has 2 fully saturated rings. The van der Waals surface area contributed by atoms with Crippen molar-refractivity contribution in [2.24, 2.45) is 5.92 Å². The van der Waals surface area contributed by atoms with Crippen LogP contribution in [0.5, 0.6) is 0 Å². The number of piperidine rings is 1. The van der Waals surface area contributed by atoms with E-state index in [0.29, 0.717) is 11.5 Å². The molecule has 1 aliphatic heterocycles. The Morgan fingerprint density at radius 2 is 1.95 bits per heavy atom. The summed E-state index contributed by atoms with van der Waals surface area (Å²) in [5.41, 5.74) is 1.88. The number of rotatable bonds is 3. The van der Waals surface area contributed by atoms with Crippen LogP contribution >= 0.6 is 0 Å². The highest BCUT2D eigenvalue weighted by atomic mass is 15.2. The second-order valence-electron chi connectivity index (χ2n) is 6.20. The first-order valence-electron chi connectivity index (χ1n) is 7.77. The number of benzene rings is 1. The predicted molar refractivity (Wildman–Crippen MR) is 81.0 cm³/mol. The van der Waals surface area contributed by atoms with Crippen molar-refractivity contribution in [2.45, 2.75) is 50.6 Å². The molecular weight excluding hydrogens is 230 g/mol. The van der Waals surface area contributed by atoms with E-state index in [4.69, 9.17) is 0 Å². The lowest BCUT2D eigenvalue weighted by Gasteiger charge is -2.48. The first-order chi connectivity index (χ1) is 9.35. The van der Waals surface area contributed by atoms with Gasteiger partial charge in [-0.05, 0) is 43.7 Å². The third-order valence-corrected chi connectivity index (χ3v) is 5.23. The number of hydrogen-bond acceptors (Lipinski definition) is 1. The third kappa shape index (κ3) is 2.36. The van der Waals surface area contributed by atoms with Crippen molar-refractivity contribution in [3.63, 3.8) is 0 Å². The monoisotopic (exact) mass is 255 g/mol. The summed E-state index contributed by atoms with van der Waals surface area (Å²) in [4.78, 5) is 2.77. The van der Waals surface area contributed by atoms with E-state index >= 15 is 0 Å². The molecule has 2 aliphatic rings. The molecule has 19 heavy (non-hydrogen) atoms. The molecule has 1 aliphatic carbocycles. The maximum absolute atomic E-state index is 4.11. The zero-order valence-electron chi connectivity index (χ0n) is 11.9. The molecule has 0 unspecified atom stereocenters. The van der Waals surface area contributed by atoms with Crippen molar-refractivity contribution in [2.75, 3.05) is 6.54 Å². The SMILES string of the molecule is C=C[C@@H]1CCC[C@@]12CCCCN2Cc1ccccc1. The molecule has 1 heteroatoms. The van der Waals surface area contributed by atoms with E-state index in [-0.39, 0.29) is 0 Å². The summed E-state index contributed by atoms with van der Waals surface area (Å²) in [5, 5.41) is 0. The summed E-state index contributed by atoms with van der Waals surface area (Å²) in [5.74, 6) is 0.705. The van der Waals surface area contributed by atoms with E-state index in [1.807, 2.05) is 0 Å². The highest BCUT2D eigenvalue weighted by molar-refractivity contribution is 5.17. The van der Waals surface area contributed by atoms with Gasteiger partial charge in [0.05, 0.1) is 0 Å². The molecule has 2 atom stereocenters. The van der Waals surface area contributed by atoms with Crippen LogP contribution in [0.25, 0.3) is 0 Å². The molecule has 0 aromatic heterocycles. The van der Waals surface area contributed by atoms with Crippen LogP contribution in [0.3, 0.4) is 0 Å². The van der Waals surface area contributed by atoms with Crippen LogP contribution < -0.4 is 0 Å². The fourth-order valence-electron chi connectivity index (χ4n) is 4.28. The van der Waals surface area contributed by atoms with Gasteiger partial charge < -0.3 is 0 Å². The first kappa shape index (κ1) is 12.9. The summed E-state index contributed by atoms with van der Waals surface area (Å²) in [6.07, 6.45) is 10.5. The molecule has 0 bridgehead atoms. The lowest BCUT2D eigenvalue weighted by molar-refractivity contribution is 0.0211. The zero-order chi connectivity index (χ0) is 13.1. The van der Waals surface area contributed by atoms with Crippen molar-refractivity contribution >= 4 is 0 Å². The Bertz CT molecular complexity index is 425. The smallest absolute Gasteiger partial charge is 0.0275 e. The lowest BCUT2D eigenvalue weighted by Crippen LogP contribution is -2.53. The second kappa shape index (κ2) is 5.50. The number of nitrogens with zero attached hydrogens (tertiary/aromatic N) is 1. The van der Waals surface area contributed by atoms with Crippen molar-refractivity contribution < 1.29 is 0 Å². The van der Waals surface area contributed by atoms with Gasteiger partial charge in [-0.15, -0.1) is 6.58 Å². The third-order valence-electron chi connectivity index (χ3n) is 5.23. The minimum atomic E-state index is 0.426. The van der Waals surface area contributed by atoms with Gasteiger partial charge in [-0.3, -0.25) is 4.90 Å². The lowest BCUT2D eigenvalue weighted by atomic mass is 9.78. The standard InChI is InChI=1S/C18H25N/c1-2-17-11-8-13-18(17)12-6-7-14-19(18)15-16-9-4-3-5-10-16/h2-5,9-10,17H,1,6-8,11-15H2/t17-,18+/m1/s1. The Hall–Kier alpha value is -1.08. The van der Waals surface area contributed by atoms with Crippen LogP contribution in [0, 0.1) is 5.92 Å². The van der Waals surface area contributed by atoms with Gasteiger partial charge in [-0.1, -0.05) is 49.2 Å². The van der Waals surface area contributed by atoms with E-state index in [9.17, 15) is 0 Å². The van der Waals surface area contributed by atoms with Crippen LogP contribution in [-0.2, 0) is 6.54 Å². The van der Waals surface area contributed by atoms with E-state index in [2.05, 4.69) is 47.9 Å². The number of likely N-dealkylation sites (tertiary alicyclic amines) is 1. The van der Waals surface area contributed by atoms with Gasteiger partial charge in [0.25, 0.3) is 0 Å². The van der Waals surface area contributed by atoms with E-state index in [1.165, 1.54) is 50.6 Å². The molecule has 1 saturated heterocycles. The van der Waals surface area contributed by atoms with Gasteiger partial charge in [0.1, 0.15) is 0 Å². The normalized spacial score (nSPS) is 31.7.